The van der Waals surface area contributed by atoms with Gasteiger partial charge in [0.25, 0.3) is 0 Å². The van der Waals surface area contributed by atoms with Crippen molar-refractivity contribution in [3.05, 3.63) is 24.3 Å². The van der Waals surface area contributed by atoms with E-state index in [1.54, 1.807) is 5.57 Å². The van der Waals surface area contributed by atoms with Crippen LogP contribution >= 0.6 is 0 Å². The van der Waals surface area contributed by atoms with Gasteiger partial charge in [-0.05, 0) is 32.6 Å². The van der Waals surface area contributed by atoms with E-state index >= 15 is 0 Å². The Hall–Kier alpha value is -1.09. The van der Waals surface area contributed by atoms with Gasteiger partial charge in [0.2, 0.25) is 0 Å². The molecule has 25 heavy (non-hydrogen) atoms. The van der Waals surface area contributed by atoms with Crippen LogP contribution in [0.3, 0.4) is 0 Å². The van der Waals surface area contributed by atoms with Gasteiger partial charge in [-0.15, -0.1) is 0 Å². The normalized spacial score (nSPS) is 23.2. The molecule has 0 N–H and O–H groups in total. The van der Waals surface area contributed by atoms with Gasteiger partial charge < -0.3 is 9.47 Å². The van der Waals surface area contributed by atoms with Crippen LogP contribution in [-0.2, 0) is 14.3 Å². The molecule has 0 amide bonds. The van der Waals surface area contributed by atoms with E-state index < -0.39 is 0 Å². The Morgan fingerprint density at radius 2 is 1.92 bits per heavy atom. The molecule has 0 fully saturated rings. The van der Waals surface area contributed by atoms with Crippen molar-refractivity contribution in [1.29, 1.82) is 0 Å². The number of carbonyl (C=O) groups excluding carboxylic acids is 1. The van der Waals surface area contributed by atoms with Gasteiger partial charge >= 0.3 is 5.97 Å². The molecule has 1 rings (SSSR count). The van der Waals surface area contributed by atoms with E-state index in [-0.39, 0.29) is 11.6 Å². The summed E-state index contributed by atoms with van der Waals surface area (Å²) in [5.74, 6) is 0.0123. The van der Waals surface area contributed by atoms with Crippen LogP contribution in [0.25, 0.3) is 0 Å². The first-order valence-corrected chi connectivity index (χ1v) is 10.1. The average Bonchev–Trinajstić information content (AvgIpc) is 2.61. The molecular weight excluding hydrogens is 312 g/mol. The van der Waals surface area contributed by atoms with Gasteiger partial charge in [-0.25, -0.2) is 4.79 Å². The lowest BCUT2D eigenvalue weighted by atomic mass is 9.78. The van der Waals surface area contributed by atoms with E-state index in [2.05, 4.69) is 33.4 Å². The van der Waals surface area contributed by atoms with Gasteiger partial charge in [0, 0.05) is 12.0 Å². The summed E-state index contributed by atoms with van der Waals surface area (Å²) in [6, 6.07) is 0. The van der Waals surface area contributed by atoms with Crippen LogP contribution in [0.5, 0.6) is 0 Å². The van der Waals surface area contributed by atoms with Crippen molar-refractivity contribution in [2.24, 2.45) is 5.92 Å². The van der Waals surface area contributed by atoms with Crippen LogP contribution in [0.4, 0.5) is 0 Å². The van der Waals surface area contributed by atoms with E-state index in [9.17, 15) is 4.79 Å². The summed E-state index contributed by atoms with van der Waals surface area (Å²) in [5, 5.41) is 0. The fourth-order valence-corrected chi connectivity index (χ4v) is 3.45. The minimum atomic E-state index is -0.387. The van der Waals surface area contributed by atoms with Gasteiger partial charge in [-0.2, -0.15) is 0 Å². The maximum Gasteiger partial charge on any atom is 0.330 e. The second kappa shape index (κ2) is 12.3. The molecule has 0 aromatic carbocycles. The Bertz CT molecular complexity index is 427. The largest absolute Gasteiger partial charge is 0.460 e. The van der Waals surface area contributed by atoms with Crippen molar-refractivity contribution < 1.29 is 14.3 Å². The first-order valence-electron chi connectivity index (χ1n) is 10.1. The zero-order valence-corrected chi connectivity index (χ0v) is 16.6. The molecule has 1 aliphatic carbocycles. The number of esters is 1. The van der Waals surface area contributed by atoms with Crippen molar-refractivity contribution in [3.8, 4) is 0 Å². The number of allylic oxidation sites excluding steroid dienone is 1. The highest BCUT2D eigenvalue weighted by atomic mass is 16.6. The monoisotopic (exact) mass is 350 g/mol. The van der Waals surface area contributed by atoms with Gasteiger partial charge in [-0.1, -0.05) is 70.6 Å². The van der Waals surface area contributed by atoms with Crippen LogP contribution in [0, 0.1) is 5.92 Å². The molecule has 1 aliphatic rings. The third-order valence-electron chi connectivity index (χ3n) is 5.42. The maximum absolute atomic E-state index is 11.0. The van der Waals surface area contributed by atoms with Crippen molar-refractivity contribution >= 4 is 5.97 Å². The Balaban J connectivity index is 2.23. The molecule has 3 heteroatoms. The van der Waals surface area contributed by atoms with Gasteiger partial charge in [0.15, 0.2) is 0 Å². The molecule has 0 heterocycles. The highest BCUT2D eigenvalue weighted by Gasteiger charge is 2.34. The molecular formula is C22H38O3. The molecule has 0 saturated carbocycles. The Labute approximate surface area is 154 Å². The van der Waals surface area contributed by atoms with E-state index in [4.69, 9.17) is 9.47 Å². The van der Waals surface area contributed by atoms with Gasteiger partial charge in [0.1, 0.15) is 6.61 Å². The number of unbranched alkanes of at least 4 members (excludes halogenated alkanes) is 6. The second-order valence-corrected chi connectivity index (χ2v) is 7.52. The predicted octanol–water partition coefficient (Wildman–Crippen LogP) is 5.99. The van der Waals surface area contributed by atoms with Crippen LogP contribution in [-0.4, -0.2) is 24.8 Å². The van der Waals surface area contributed by atoms with Crippen LogP contribution in [0.1, 0.15) is 85.0 Å². The Morgan fingerprint density at radius 1 is 1.24 bits per heavy atom. The SMILES string of the molecule is C=CC(=O)OCCOC1(C)CCC(CCCCCCCCC)=CC1C. The minimum Gasteiger partial charge on any atom is -0.460 e. The quantitative estimate of drug-likeness (QED) is 0.177. The van der Waals surface area contributed by atoms with Gasteiger partial charge in [-0.3, -0.25) is 0 Å². The lowest BCUT2D eigenvalue weighted by Crippen LogP contribution is -2.39. The molecule has 2 unspecified atom stereocenters. The van der Waals surface area contributed by atoms with E-state index in [0.29, 0.717) is 19.1 Å². The number of carbonyl (C=O) groups is 1. The molecule has 2 atom stereocenters. The molecule has 0 bridgehead atoms. The van der Waals surface area contributed by atoms with Crippen molar-refractivity contribution in [1.82, 2.24) is 0 Å². The topological polar surface area (TPSA) is 35.5 Å². The molecule has 3 nitrogen and oxygen atoms in total. The first kappa shape index (κ1) is 22.0. The predicted molar refractivity (Wildman–Crippen MR) is 105 cm³/mol. The summed E-state index contributed by atoms with van der Waals surface area (Å²) in [5.41, 5.74) is 1.45. The van der Waals surface area contributed by atoms with Crippen LogP contribution in [0.2, 0.25) is 0 Å². The average molecular weight is 351 g/mol. The summed E-state index contributed by atoms with van der Waals surface area (Å²) in [6.07, 6.45) is 16.6. The molecule has 0 aromatic heterocycles. The molecule has 0 saturated heterocycles. The van der Waals surface area contributed by atoms with Crippen molar-refractivity contribution in [3.63, 3.8) is 0 Å². The highest BCUT2D eigenvalue weighted by molar-refractivity contribution is 5.81. The molecule has 0 radical (unpaired) electrons. The summed E-state index contributed by atoms with van der Waals surface area (Å²) < 4.78 is 11.0. The number of rotatable bonds is 13. The summed E-state index contributed by atoms with van der Waals surface area (Å²) in [4.78, 5) is 11.0. The fourth-order valence-electron chi connectivity index (χ4n) is 3.45. The van der Waals surface area contributed by atoms with Crippen LogP contribution < -0.4 is 0 Å². The number of ether oxygens (including phenoxy) is 2. The standard InChI is InChI=1S/C22H38O3/c1-5-7-8-9-10-11-12-13-20-14-15-22(4,19(3)18-20)25-17-16-24-21(23)6-2/h6,18-19H,2,5,7-17H2,1,3-4H3. The fraction of sp³-hybridized carbons (Fsp3) is 0.773. The number of hydrogen-bond donors (Lipinski definition) is 0. The highest BCUT2D eigenvalue weighted by Crippen LogP contribution is 2.36. The second-order valence-electron chi connectivity index (χ2n) is 7.52. The van der Waals surface area contributed by atoms with E-state index in [1.807, 2.05) is 0 Å². The van der Waals surface area contributed by atoms with E-state index in [1.165, 1.54) is 57.4 Å². The molecule has 144 valence electrons. The van der Waals surface area contributed by atoms with Crippen LogP contribution in [0.15, 0.2) is 24.3 Å². The van der Waals surface area contributed by atoms with E-state index in [0.717, 1.165) is 12.8 Å². The molecule has 0 spiro atoms. The minimum absolute atomic E-state index is 0.149. The maximum atomic E-state index is 11.0. The summed E-state index contributed by atoms with van der Waals surface area (Å²) >= 11 is 0. The first-order chi connectivity index (χ1) is 12.0. The lowest BCUT2D eigenvalue weighted by molar-refractivity contribution is -0.143. The molecule has 0 aromatic rings. The summed E-state index contributed by atoms with van der Waals surface area (Å²) in [7, 11) is 0. The zero-order chi connectivity index (χ0) is 18.5. The smallest absolute Gasteiger partial charge is 0.330 e. The van der Waals surface area contributed by atoms with Gasteiger partial charge in [0.05, 0.1) is 12.2 Å². The third kappa shape index (κ3) is 8.71. The number of hydrogen-bond acceptors (Lipinski definition) is 3. The summed E-state index contributed by atoms with van der Waals surface area (Å²) in [6.45, 7) is 10.8. The lowest BCUT2D eigenvalue weighted by Gasteiger charge is -2.38. The van der Waals surface area contributed by atoms with Crippen molar-refractivity contribution in [2.75, 3.05) is 13.2 Å². The Morgan fingerprint density at radius 3 is 2.56 bits per heavy atom. The third-order valence-corrected chi connectivity index (χ3v) is 5.42. The Kier molecular flexibility index (Phi) is 10.8. The zero-order valence-electron chi connectivity index (χ0n) is 16.6. The van der Waals surface area contributed by atoms with Crippen molar-refractivity contribution in [2.45, 2.75) is 90.6 Å². The molecule has 0 aliphatic heterocycles.